The Bertz CT molecular complexity index is 1430. The van der Waals surface area contributed by atoms with E-state index in [-0.39, 0.29) is 23.0 Å². The smallest absolute Gasteiger partial charge is 0.410 e. The molecule has 3 aliphatic rings. The van der Waals surface area contributed by atoms with Gasteiger partial charge in [-0.05, 0) is 61.1 Å². The second kappa shape index (κ2) is 9.27. The van der Waals surface area contributed by atoms with Crippen molar-refractivity contribution in [1.29, 1.82) is 5.26 Å². The monoisotopic (exact) mass is 544 g/mol. The summed E-state index contributed by atoms with van der Waals surface area (Å²) in [5.41, 5.74) is 3.10. The zero-order chi connectivity index (χ0) is 26.6. The SMILES string of the molecule is N#Cc1scnc1C(=O)N[C@H](c1nc2cc(CN3C[C@@H](C(F)(F)F)NC3=O)ccc2o1)C(C1CC1)C1CC1. The van der Waals surface area contributed by atoms with Crippen molar-refractivity contribution in [2.24, 2.45) is 17.8 Å². The van der Waals surface area contributed by atoms with E-state index in [1.807, 2.05) is 11.4 Å². The first-order chi connectivity index (χ1) is 18.2. The second-order valence-electron chi connectivity index (χ2n) is 10.1. The fourth-order valence-electron chi connectivity index (χ4n) is 5.26. The number of rotatable bonds is 8. The van der Waals surface area contributed by atoms with Gasteiger partial charge in [-0.15, -0.1) is 11.3 Å². The van der Waals surface area contributed by atoms with Gasteiger partial charge in [-0.1, -0.05) is 6.07 Å². The van der Waals surface area contributed by atoms with Crippen molar-refractivity contribution in [3.63, 3.8) is 0 Å². The molecule has 2 saturated carbocycles. The number of hydrogen-bond acceptors (Lipinski definition) is 7. The van der Waals surface area contributed by atoms with E-state index in [4.69, 9.17) is 4.42 Å². The largest absolute Gasteiger partial charge is 0.438 e. The van der Waals surface area contributed by atoms with E-state index >= 15 is 0 Å². The van der Waals surface area contributed by atoms with Crippen LogP contribution in [0, 0.1) is 29.1 Å². The highest BCUT2D eigenvalue weighted by Gasteiger charge is 2.49. The lowest BCUT2D eigenvalue weighted by Crippen LogP contribution is -2.40. The normalized spacial score (nSPS) is 20.6. The molecule has 38 heavy (non-hydrogen) atoms. The van der Waals surface area contributed by atoms with Crippen molar-refractivity contribution in [3.05, 3.63) is 45.7 Å². The van der Waals surface area contributed by atoms with Crippen LogP contribution in [0.3, 0.4) is 0 Å². The summed E-state index contributed by atoms with van der Waals surface area (Å²) < 4.78 is 45.2. The van der Waals surface area contributed by atoms with Crippen LogP contribution >= 0.6 is 11.3 Å². The second-order valence-corrected chi connectivity index (χ2v) is 11.0. The van der Waals surface area contributed by atoms with Crippen LogP contribution in [0.15, 0.2) is 28.1 Å². The molecule has 3 amide bonds. The maximum atomic E-state index is 13.1. The number of carbonyl (C=O) groups is 2. The van der Waals surface area contributed by atoms with Crippen LogP contribution < -0.4 is 10.6 Å². The van der Waals surface area contributed by atoms with E-state index in [1.54, 1.807) is 18.2 Å². The number of benzene rings is 1. The van der Waals surface area contributed by atoms with Gasteiger partial charge in [-0.3, -0.25) is 4.79 Å². The number of urea groups is 1. The molecule has 0 radical (unpaired) electrons. The highest BCUT2D eigenvalue weighted by Crippen LogP contribution is 2.54. The Labute approximate surface area is 219 Å². The van der Waals surface area contributed by atoms with Gasteiger partial charge in [0, 0.05) is 6.54 Å². The van der Waals surface area contributed by atoms with E-state index in [1.165, 1.54) is 5.51 Å². The van der Waals surface area contributed by atoms with Gasteiger partial charge in [0.15, 0.2) is 11.3 Å². The summed E-state index contributed by atoms with van der Waals surface area (Å²) >= 11 is 1.10. The molecule has 2 N–H and O–H groups in total. The summed E-state index contributed by atoms with van der Waals surface area (Å²) in [6.45, 7) is -0.478. The standard InChI is InChI=1S/C25H23F3N6O3S/c26-25(27,28)18-10-34(24(36)32-18)9-12-1-6-16-15(7-12)31-23(37-16)21(19(13-2-3-13)14-4-5-14)33-22(35)20-17(8-29)38-11-30-20/h1,6-7,11,13-14,18-19,21H,2-5,9-10H2,(H,32,36)(H,33,35)/t18-,21-/m0/s1. The maximum Gasteiger partial charge on any atom is 0.410 e. The van der Waals surface area contributed by atoms with Crippen LogP contribution in [0.5, 0.6) is 0 Å². The van der Waals surface area contributed by atoms with Crippen LogP contribution in [-0.2, 0) is 6.54 Å². The van der Waals surface area contributed by atoms with E-state index < -0.39 is 36.7 Å². The summed E-state index contributed by atoms with van der Waals surface area (Å²) in [7, 11) is 0. The maximum absolute atomic E-state index is 13.1. The Hall–Kier alpha value is -3.66. The molecule has 3 heterocycles. The number of carbonyl (C=O) groups excluding carboxylic acids is 2. The lowest BCUT2D eigenvalue weighted by Gasteiger charge is -2.25. The molecule has 13 heteroatoms. The van der Waals surface area contributed by atoms with E-state index in [0.29, 0.717) is 34.4 Å². The number of oxazole rings is 1. The first kappa shape index (κ1) is 24.7. The number of nitrogens with one attached hydrogen (secondary N) is 2. The summed E-state index contributed by atoms with van der Waals surface area (Å²) in [4.78, 5) is 35.3. The number of halogens is 3. The van der Waals surface area contributed by atoms with Crippen LogP contribution in [-0.4, -0.2) is 45.6 Å². The average Bonchev–Trinajstić information content (AvgIpc) is 3.76. The molecule has 1 aromatic carbocycles. The van der Waals surface area contributed by atoms with E-state index in [0.717, 1.165) is 41.9 Å². The molecular formula is C25H23F3N6O3S. The molecule has 9 nitrogen and oxygen atoms in total. The van der Waals surface area contributed by atoms with Gasteiger partial charge in [-0.25, -0.2) is 14.8 Å². The van der Waals surface area contributed by atoms with Gasteiger partial charge >= 0.3 is 12.2 Å². The fraction of sp³-hybridized carbons (Fsp3) is 0.480. The topological polar surface area (TPSA) is 124 Å². The van der Waals surface area contributed by atoms with Gasteiger partial charge in [-0.2, -0.15) is 18.4 Å². The predicted molar refractivity (Wildman–Crippen MR) is 129 cm³/mol. The quantitative estimate of drug-likeness (QED) is 0.430. The summed E-state index contributed by atoms with van der Waals surface area (Å²) in [6.07, 6.45) is -0.255. The highest BCUT2D eigenvalue weighted by molar-refractivity contribution is 7.10. The lowest BCUT2D eigenvalue weighted by atomic mass is 9.89. The molecule has 2 aromatic heterocycles. The molecule has 6 rings (SSSR count). The van der Waals surface area contributed by atoms with Crippen molar-refractivity contribution >= 4 is 34.4 Å². The Kier molecular flexibility index (Phi) is 6.02. The van der Waals surface area contributed by atoms with Crippen LogP contribution in [0.25, 0.3) is 11.1 Å². The molecule has 0 spiro atoms. The number of aromatic nitrogens is 2. The Balaban J connectivity index is 1.27. The van der Waals surface area contributed by atoms with E-state index in [2.05, 4.69) is 15.3 Å². The third kappa shape index (κ3) is 4.80. The zero-order valence-corrected chi connectivity index (χ0v) is 20.8. The van der Waals surface area contributed by atoms with Crippen molar-refractivity contribution in [1.82, 2.24) is 25.5 Å². The number of thiazole rings is 1. The molecular weight excluding hydrogens is 521 g/mol. The lowest BCUT2D eigenvalue weighted by molar-refractivity contribution is -0.149. The first-order valence-electron chi connectivity index (χ1n) is 12.4. The van der Waals surface area contributed by atoms with Crippen LogP contribution in [0.4, 0.5) is 18.0 Å². The summed E-state index contributed by atoms with van der Waals surface area (Å²) in [5.74, 6) is 0.919. The number of amides is 3. The molecule has 2 aliphatic carbocycles. The van der Waals surface area contributed by atoms with Crippen molar-refractivity contribution < 1.29 is 27.2 Å². The third-order valence-corrected chi connectivity index (χ3v) is 8.11. The van der Waals surface area contributed by atoms with Gasteiger partial charge < -0.3 is 20.0 Å². The zero-order valence-electron chi connectivity index (χ0n) is 20.0. The summed E-state index contributed by atoms with van der Waals surface area (Å²) in [6, 6.07) is 3.87. The summed E-state index contributed by atoms with van der Waals surface area (Å²) in [5, 5.41) is 14.3. The number of nitriles is 1. The minimum atomic E-state index is -4.51. The fourth-order valence-corrected chi connectivity index (χ4v) is 5.84. The molecule has 198 valence electrons. The average molecular weight is 545 g/mol. The van der Waals surface area contributed by atoms with Gasteiger partial charge in [0.1, 0.15) is 28.5 Å². The van der Waals surface area contributed by atoms with Gasteiger partial charge in [0.2, 0.25) is 5.89 Å². The van der Waals surface area contributed by atoms with Gasteiger partial charge in [0.05, 0.1) is 12.1 Å². The minimum absolute atomic E-state index is 0.00968. The van der Waals surface area contributed by atoms with E-state index in [9.17, 15) is 28.0 Å². The van der Waals surface area contributed by atoms with Crippen LogP contribution in [0.1, 0.15) is 58.5 Å². The number of nitrogens with zero attached hydrogens (tertiary/aromatic N) is 4. The molecule has 1 aliphatic heterocycles. The Morgan fingerprint density at radius 3 is 2.66 bits per heavy atom. The molecule has 3 fully saturated rings. The third-order valence-electron chi connectivity index (χ3n) is 7.38. The Morgan fingerprint density at radius 2 is 2.03 bits per heavy atom. The van der Waals surface area contributed by atoms with Crippen LogP contribution in [0.2, 0.25) is 0 Å². The molecule has 0 unspecified atom stereocenters. The Morgan fingerprint density at radius 1 is 1.29 bits per heavy atom. The molecule has 1 saturated heterocycles. The van der Waals surface area contributed by atoms with Crippen molar-refractivity contribution in [2.75, 3.05) is 6.54 Å². The van der Waals surface area contributed by atoms with Crippen molar-refractivity contribution in [2.45, 2.75) is 50.5 Å². The molecule has 0 bridgehead atoms. The molecule has 3 aromatic rings. The minimum Gasteiger partial charge on any atom is -0.438 e. The number of hydrogen-bond donors (Lipinski definition) is 2. The van der Waals surface area contributed by atoms with Gasteiger partial charge in [0.25, 0.3) is 5.91 Å². The predicted octanol–water partition coefficient (Wildman–Crippen LogP) is 4.52. The number of fused-ring (bicyclic) bond motifs is 1. The number of alkyl halides is 3. The van der Waals surface area contributed by atoms with Crippen molar-refractivity contribution in [3.8, 4) is 6.07 Å². The molecule has 2 atom stereocenters. The highest BCUT2D eigenvalue weighted by atomic mass is 32.1. The first-order valence-corrected chi connectivity index (χ1v) is 13.2.